The van der Waals surface area contributed by atoms with Crippen LogP contribution in [0.5, 0.6) is 0 Å². The zero-order chi connectivity index (χ0) is 13.0. The zero-order valence-corrected chi connectivity index (χ0v) is 14.7. The maximum atomic E-state index is 10.5. The number of hydrogen-bond donors (Lipinski definition) is 0. The van der Waals surface area contributed by atoms with Gasteiger partial charge >= 0.3 is 23.1 Å². The number of carbonyl (C=O) groups is 2. The van der Waals surface area contributed by atoms with E-state index in [9.17, 15) is 19.8 Å². The third-order valence-corrected chi connectivity index (χ3v) is 2.42. The van der Waals surface area contributed by atoms with Crippen LogP contribution in [0.4, 0.5) is 0 Å². The number of halogens is 2. The molecular formula is C10H20Cl2MgN2O4. The number of likely N-dealkylation sites (N-methyl/N-ethyl adjacent to an activating group) is 2. The average Bonchev–Trinajstić information content (AvgIpc) is 1.96. The summed E-state index contributed by atoms with van der Waals surface area (Å²) >= 11 is 0. The topological polar surface area (TPSA) is 80.3 Å². The van der Waals surface area contributed by atoms with Gasteiger partial charge in [-0.2, -0.15) is 0 Å². The number of hydrogen-bond acceptors (Lipinski definition) is 4. The molecular weight excluding hydrogens is 307 g/mol. The Kier molecular flexibility index (Phi) is 15.8. The zero-order valence-electron chi connectivity index (χ0n) is 11.8. The molecule has 0 N–H and O–H groups in total. The van der Waals surface area contributed by atoms with Crippen LogP contribution in [0.25, 0.3) is 0 Å². The molecule has 9 heteroatoms. The third kappa shape index (κ3) is 16.2. The van der Waals surface area contributed by atoms with Gasteiger partial charge in [-0.05, 0) is 0 Å². The first kappa shape index (κ1) is 27.5. The molecule has 0 aliphatic carbocycles. The first-order valence-electron chi connectivity index (χ1n) is 5.08. The Morgan fingerprint density at radius 1 is 0.789 bits per heavy atom. The average molecular weight is 327 g/mol. The summed E-state index contributed by atoms with van der Waals surface area (Å²) in [5, 5.41) is 21.0. The minimum atomic E-state index is -1.10. The number of carbonyl (C=O) groups excluding carboxylic acids is 2. The Morgan fingerprint density at radius 3 is 1.16 bits per heavy atom. The summed E-state index contributed by atoms with van der Waals surface area (Å²) in [6, 6.07) is 0. The van der Waals surface area contributed by atoms with Crippen LogP contribution >= 0.6 is 0 Å². The summed E-state index contributed by atoms with van der Waals surface area (Å²) in [5.74, 6) is -2.20. The molecule has 0 bridgehead atoms. The van der Waals surface area contributed by atoms with E-state index >= 15 is 0 Å². The Labute approximate surface area is 142 Å². The van der Waals surface area contributed by atoms with Gasteiger partial charge in [-0.1, -0.05) is 0 Å². The van der Waals surface area contributed by atoms with E-state index in [1.165, 1.54) is 0 Å². The number of quaternary nitrogens is 2. The number of nitrogens with zero attached hydrogens (tertiary/aromatic N) is 2. The molecule has 0 aromatic heterocycles. The molecule has 0 radical (unpaired) electrons. The van der Waals surface area contributed by atoms with Crippen LogP contribution in [-0.4, -0.2) is 98.3 Å². The molecule has 0 rings (SSSR count). The van der Waals surface area contributed by atoms with Crippen LogP contribution in [0.2, 0.25) is 0 Å². The molecule has 0 fully saturated rings. The van der Waals surface area contributed by atoms with Crippen molar-refractivity contribution in [1.29, 1.82) is 0 Å². The second kappa shape index (κ2) is 10.9. The van der Waals surface area contributed by atoms with E-state index in [1.54, 1.807) is 28.2 Å². The standard InChI is InChI=1S/C10H20N2O4.2ClH.Mg/c1-11(2,7-9(13)14)5-6-12(3,4)8-10(15)16;;;/h5-8H2,1-4H3;2*1H;/q;;;+2/p-2. The third-order valence-electron chi connectivity index (χ3n) is 2.42. The number of carboxylic acids is 2. The van der Waals surface area contributed by atoms with Gasteiger partial charge in [0.1, 0.15) is 26.2 Å². The van der Waals surface area contributed by atoms with E-state index < -0.39 is 11.9 Å². The Morgan fingerprint density at radius 2 is 1.00 bits per heavy atom. The van der Waals surface area contributed by atoms with Gasteiger partial charge in [-0.25, -0.2) is 0 Å². The van der Waals surface area contributed by atoms with Gasteiger partial charge in [-0.3, -0.25) is 0 Å². The van der Waals surface area contributed by atoms with Crippen molar-refractivity contribution in [2.45, 2.75) is 0 Å². The summed E-state index contributed by atoms with van der Waals surface area (Å²) in [5.41, 5.74) is 0. The van der Waals surface area contributed by atoms with Gasteiger partial charge in [-0.15, -0.1) is 0 Å². The van der Waals surface area contributed by atoms with Crippen molar-refractivity contribution in [3.05, 3.63) is 0 Å². The molecule has 0 atom stereocenters. The van der Waals surface area contributed by atoms with Gasteiger partial charge in [0.25, 0.3) is 0 Å². The van der Waals surface area contributed by atoms with Crippen molar-refractivity contribution in [3.8, 4) is 0 Å². The molecule has 0 aliphatic heterocycles. The van der Waals surface area contributed by atoms with Crippen molar-refractivity contribution < 1.29 is 53.6 Å². The first-order chi connectivity index (χ1) is 7.04. The van der Waals surface area contributed by atoms with E-state index in [1.807, 2.05) is 0 Å². The fourth-order valence-electron chi connectivity index (χ4n) is 1.40. The molecule has 0 aliphatic rings. The molecule has 0 amide bonds. The molecule has 0 heterocycles. The Bertz CT molecular complexity index is 261. The summed E-state index contributed by atoms with van der Waals surface area (Å²) in [4.78, 5) is 21.0. The van der Waals surface area contributed by atoms with Gasteiger partial charge in [0.05, 0.1) is 40.1 Å². The van der Waals surface area contributed by atoms with Crippen LogP contribution in [-0.2, 0) is 9.59 Å². The predicted molar refractivity (Wildman–Crippen MR) is 59.5 cm³/mol. The quantitative estimate of drug-likeness (QED) is 0.344. The van der Waals surface area contributed by atoms with Crippen LogP contribution in [0.15, 0.2) is 0 Å². The molecule has 0 unspecified atom stereocenters. The monoisotopic (exact) mass is 326 g/mol. The van der Waals surface area contributed by atoms with Crippen LogP contribution < -0.4 is 35.0 Å². The summed E-state index contributed by atoms with van der Waals surface area (Å²) in [6.45, 7) is 0.971. The number of carboxylic acid groups (broad SMARTS) is 2. The fourth-order valence-corrected chi connectivity index (χ4v) is 1.40. The second-order valence-corrected chi connectivity index (χ2v) is 5.38. The van der Waals surface area contributed by atoms with Gasteiger partial charge in [0, 0.05) is 0 Å². The molecule has 0 saturated heterocycles. The predicted octanol–water partition coefficient (Wildman–Crippen LogP) is -9.73. The summed E-state index contributed by atoms with van der Waals surface area (Å²) in [6.07, 6.45) is 0. The molecule has 110 valence electrons. The smallest absolute Gasteiger partial charge is 1.00 e. The maximum absolute atomic E-state index is 10.5. The van der Waals surface area contributed by atoms with Crippen LogP contribution in [0.1, 0.15) is 0 Å². The minimum Gasteiger partial charge on any atom is -1.00 e. The number of rotatable bonds is 7. The molecule has 0 saturated carbocycles. The fraction of sp³-hybridized carbons (Fsp3) is 0.800. The number of aliphatic carboxylic acids is 2. The van der Waals surface area contributed by atoms with Crippen LogP contribution in [0.3, 0.4) is 0 Å². The largest absolute Gasteiger partial charge is 2.00 e. The molecule has 0 spiro atoms. The van der Waals surface area contributed by atoms with Crippen molar-refractivity contribution in [3.63, 3.8) is 0 Å². The van der Waals surface area contributed by atoms with E-state index in [4.69, 9.17) is 0 Å². The second-order valence-electron chi connectivity index (χ2n) is 5.38. The van der Waals surface area contributed by atoms with E-state index in [0.717, 1.165) is 0 Å². The SMILES string of the molecule is C[N+](C)(CC[N+](C)(C)CC(=O)[O-])CC(=O)[O-].[Cl-].[Cl-].[Mg+2]. The van der Waals surface area contributed by atoms with E-state index in [-0.39, 0.29) is 69.9 Å². The minimum absolute atomic E-state index is 0. The van der Waals surface area contributed by atoms with E-state index in [0.29, 0.717) is 13.1 Å². The Balaban J connectivity index is -0.000000375. The maximum Gasteiger partial charge on any atom is 2.00 e. The van der Waals surface area contributed by atoms with Crippen molar-refractivity contribution >= 4 is 35.0 Å². The van der Waals surface area contributed by atoms with Gasteiger partial charge < -0.3 is 53.6 Å². The van der Waals surface area contributed by atoms with Crippen LogP contribution in [0, 0.1) is 0 Å². The van der Waals surface area contributed by atoms with Crippen molar-refractivity contribution in [1.82, 2.24) is 0 Å². The van der Waals surface area contributed by atoms with Crippen molar-refractivity contribution in [2.24, 2.45) is 0 Å². The summed E-state index contributed by atoms with van der Waals surface area (Å²) < 4.78 is 0.550. The molecule has 0 aromatic carbocycles. The van der Waals surface area contributed by atoms with Crippen molar-refractivity contribution in [2.75, 3.05) is 54.4 Å². The normalized spacial score (nSPS) is 10.5. The molecule has 6 nitrogen and oxygen atoms in total. The summed E-state index contributed by atoms with van der Waals surface area (Å²) in [7, 11) is 7.09. The van der Waals surface area contributed by atoms with Gasteiger partial charge in [0.2, 0.25) is 0 Å². The molecule has 19 heavy (non-hydrogen) atoms. The van der Waals surface area contributed by atoms with Gasteiger partial charge in [0.15, 0.2) is 0 Å². The first-order valence-corrected chi connectivity index (χ1v) is 5.08. The molecule has 0 aromatic rings. The van der Waals surface area contributed by atoms with E-state index in [2.05, 4.69) is 0 Å². The Hall–Kier alpha value is 0.206.